The van der Waals surface area contributed by atoms with E-state index in [9.17, 15) is 14.9 Å². The Morgan fingerprint density at radius 2 is 1.75 bits per heavy atom. The third kappa shape index (κ3) is 4.67. The van der Waals surface area contributed by atoms with Crippen molar-refractivity contribution in [3.05, 3.63) is 70.3 Å². The number of piperidine rings is 1. The molecule has 2 aromatic carbocycles. The van der Waals surface area contributed by atoms with Gasteiger partial charge >= 0.3 is 0 Å². The first-order valence-electron chi connectivity index (χ1n) is 9.46. The van der Waals surface area contributed by atoms with Crippen molar-refractivity contribution in [3.8, 4) is 5.75 Å². The van der Waals surface area contributed by atoms with Gasteiger partial charge in [-0.2, -0.15) is 0 Å². The summed E-state index contributed by atoms with van der Waals surface area (Å²) in [4.78, 5) is 24.9. The number of likely N-dealkylation sites (tertiary alicyclic amines) is 1. The maximum absolute atomic E-state index is 12.8. The zero-order chi connectivity index (χ0) is 20.1. The summed E-state index contributed by atoms with van der Waals surface area (Å²) < 4.78 is 5.91. The fourth-order valence-corrected chi connectivity index (χ4v) is 3.44. The van der Waals surface area contributed by atoms with E-state index in [2.05, 4.69) is 0 Å². The Morgan fingerprint density at radius 1 is 1.14 bits per heavy atom. The van der Waals surface area contributed by atoms with Gasteiger partial charge in [0.15, 0.2) is 0 Å². The van der Waals surface area contributed by atoms with Gasteiger partial charge in [0, 0.05) is 44.1 Å². The fourth-order valence-electron chi connectivity index (χ4n) is 3.44. The molecule has 2 atom stereocenters. The molecule has 0 saturated carbocycles. The maximum atomic E-state index is 12.8. The van der Waals surface area contributed by atoms with Crippen LogP contribution >= 0.6 is 0 Å². The van der Waals surface area contributed by atoms with Crippen molar-refractivity contribution in [2.45, 2.75) is 31.9 Å². The molecule has 1 fully saturated rings. The van der Waals surface area contributed by atoms with Crippen molar-refractivity contribution >= 4 is 11.6 Å². The highest BCUT2D eigenvalue weighted by Crippen LogP contribution is 2.25. The number of benzene rings is 2. The molecule has 2 aromatic rings. The van der Waals surface area contributed by atoms with Crippen LogP contribution in [0.3, 0.4) is 0 Å². The fraction of sp³-hybridized carbons (Fsp3) is 0.381. The van der Waals surface area contributed by atoms with Crippen molar-refractivity contribution in [1.29, 1.82) is 0 Å². The van der Waals surface area contributed by atoms with E-state index in [-0.39, 0.29) is 29.7 Å². The quantitative estimate of drug-likeness (QED) is 0.609. The predicted molar refractivity (Wildman–Crippen MR) is 106 cm³/mol. The highest BCUT2D eigenvalue weighted by Gasteiger charge is 2.30. The van der Waals surface area contributed by atoms with Crippen LogP contribution in [0.15, 0.2) is 54.6 Å². The van der Waals surface area contributed by atoms with Crippen LogP contribution in [0, 0.1) is 16.0 Å². The molecule has 7 heteroatoms. The van der Waals surface area contributed by atoms with Crippen molar-refractivity contribution in [3.63, 3.8) is 0 Å². The molecule has 0 aromatic heterocycles. The van der Waals surface area contributed by atoms with Gasteiger partial charge in [-0.25, -0.2) is 0 Å². The summed E-state index contributed by atoms with van der Waals surface area (Å²) in [6, 6.07) is 15.4. The first-order chi connectivity index (χ1) is 13.5. The van der Waals surface area contributed by atoms with E-state index in [1.54, 1.807) is 12.1 Å². The average Bonchev–Trinajstić information content (AvgIpc) is 2.73. The third-order valence-electron chi connectivity index (χ3n) is 5.22. The number of nitro benzene ring substituents is 1. The Bertz CT molecular complexity index is 802. The van der Waals surface area contributed by atoms with Crippen LogP contribution in [0.2, 0.25) is 0 Å². The number of nitro groups is 1. The molecule has 0 radical (unpaired) electrons. The summed E-state index contributed by atoms with van der Waals surface area (Å²) in [5.41, 5.74) is 7.29. The molecule has 0 spiro atoms. The number of non-ortho nitro benzene ring substituents is 1. The smallest absolute Gasteiger partial charge is 0.269 e. The van der Waals surface area contributed by atoms with Crippen LogP contribution in [0.25, 0.3) is 0 Å². The topological polar surface area (TPSA) is 98.7 Å². The number of nitrogens with two attached hydrogens (primary N) is 1. The first-order valence-corrected chi connectivity index (χ1v) is 9.46. The van der Waals surface area contributed by atoms with Gasteiger partial charge in [0.1, 0.15) is 11.9 Å². The van der Waals surface area contributed by atoms with E-state index in [1.807, 2.05) is 42.2 Å². The highest BCUT2D eigenvalue weighted by molar-refractivity contribution is 5.79. The molecule has 148 valence electrons. The lowest BCUT2D eigenvalue weighted by molar-refractivity contribution is -0.384. The minimum atomic E-state index is -0.435. The number of rotatable bonds is 6. The molecule has 2 N–H and O–H groups in total. The Kier molecular flexibility index (Phi) is 6.26. The standard InChI is InChI=1S/C21H25N3O4/c1-15(20(22)16-5-3-2-4-6-16)21(25)23-13-11-19(12-14-23)28-18-9-7-17(8-10-18)24(26)27/h2-10,15,19-20H,11-14,22H2,1H3. The Morgan fingerprint density at radius 3 is 2.32 bits per heavy atom. The van der Waals surface area contributed by atoms with Crippen LogP contribution in [-0.2, 0) is 4.79 Å². The van der Waals surface area contributed by atoms with E-state index in [0.29, 0.717) is 18.8 Å². The molecule has 1 aliphatic heterocycles. The third-order valence-corrected chi connectivity index (χ3v) is 5.22. The molecular weight excluding hydrogens is 358 g/mol. The highest BCUT2D eigenvalue weighted by atomic mass is 16.6. The lowest BCUT2D eigenvalue weighted by Gasteiger charge is -2.34. The average molecular weight is 383 g/mol. The second kappa shape index (κ2) is 8.84. The summed E-state index contributed by atoms with van der Waals surface area (Å²) in [5, 5.41) is 10.7. The SMILES string of the molecule is CC(C(=O)N1CCC(Oc2ccc([N+](=O)[O-])cc2)CC1)C(N)c1ccccc1. The maximum Gasteiger partial charge on any atom is 0.269 e. The summed E-state index contributed by atoms with van der Waals surface area (Å²) >= 11 is 0. The number of hydrogen-bond acceptors (Lipinski definition) is 5. The summed E-state index contributed by atoms with van der Waals surface area (Å²) in [5.74, 6) is 0.370. The normalized spacial score (nSPS) is 17.0. The molecule has 7 nitrogen and oxygen atoms in total. The number of hydrogen-bond donors (Lipinski definition) is 1. The van der Waals surface area contributed by atoms with E-state index >= 15 is 0 Å². The summed E-state index contributed by atoms with van der Waals surface area (Å²) in [6.45, 7) is 3.10. The Labute approximate surface area is 164 Å². The van der Waals surface area contributed by atoms with E-state index in [4.69, 9.17) is 10.5 Å². The molecule has 1 heterocycles. The lowest BCUT2D eigenvalue weighted by Crippen LogP contribution is -2.45. The van der Waals surface area contributed by atoms with Crippen LogP contribution in [0.4, 0.5) is 5.69 Å². The van der Waals surface area contributed by atoms with Crippen molar-refractivity contribution in [1.82, 2.24) is 4.90 Å². The van der Waals surface area contributed by atoms with Gasteiger partial charge in [-0.3, -0.25) is 14.9 Å². The molecule has 2 unspecified atom stereocenters. The zero-order valence-electron chi connectivity index (χ0n) is 15.9. The molecule has 1 amide bonds. The number of ether oxygens (including phenoxy) is 1. The van der Waals surface area contributed by atoms with Crippen molar-refractivity contribution in [2.75, 3.05) is 13.1 Å². The number of amides is 1. The van der Waals surface area contributed by atoms with Crippen LogP contribution in [0.5, 0.6) is 5.75 Å². The number of carbonyl (C=O) groups is 1. The van der Waals surface area contributed by atoms with Crippen LogP contribution < -0.4 is 10.5 Å². The van der Waals surface area contributed by atoms with Crippen LogP contribution in [-0.4, -0.2) is 34.9 Å². The van der Waals surface area contributed by atoms with Crippen molar-refractivity contribution in [2.24, 2.45) is 11.7 Å². The summed E-state index contributed by atoms with van der Waals surface area (Å²) in [6.07, 6.45) is 1.43. The molecule has 3 rings (SSSR count). The summed E-state index contributed by atoms with van der Waals surface area (Å²) in [7, 11) is 0. The van der Waals surface area contributed by atoms with E-state index in [0.717, 1.165) is 18.4 Å². The van der Waals surface area contributed by atoms with Crippen LogP contribution in [0.1, 0.15) is 31.4 Å². The molecule has 28 heavy (non-hydrogen) atoms. The minimum Gasteiger partial charge on any atom is -0.490 e. The van der Waals surface area contributed by atoms with Gasteiger partial charge in [0.25, 0.3) is 5.69 Å². The minimum absolute atomic E-state index is 0.0105. The number of carbonyl (C=O) groups excluding carboxylic acids is 1. The molecule has 1 saturated heterocycles. The first kappa shape index (κ1) is 19.8. The Balaban J connectivity index is 1.51. The van der Waals surface area contributed by atoms with E-state index < -0.39 is 4.92 Å². The molecule has 1 aliphatic rings. The van der Waals surface area contributed by atoms with Gasteiger partial charge in [0.2, 0.25) is 5.91 Å². The number of nitrogens with zero attached hydrogens (tertiary/aromatic N) is 2. The molecule has 0 bridgehead atoms. The van der Waals surface area contributed by atoms with Gasteiger partial charge in [0.05, 0.1) is 10.8 Å². The van der Waals surface area contributed by atoms with Crippen molar-refractivity contribution < 1.29 is 14.5 Å². The zero-order valence-corrected chi connectivity index (χ0v) is 15.9. The van der Waals surface area contributed by atoms with Gasteiger partial charge in [-0.1, -0.05) is 37.3 Å². The van der Waals surface area contributed by atoms with E-state index in [1.165, 1.54) is 12.1 Å². The van der Waals surface area contributed by atoms with Gasteiger partial charge < -0.3 is 15.4 Å². The molecule has 0 aliphatic carbocycles. The second-order valence-corrected chi connectivity index (χ2v) is 7.12. The van der Waals surface area contributed by atoms with Gasteiger partial charge in [-0.15, -0.1) is 0 Å². The largest absolute Gasteiger partial charge is 0.490 e. The second-order valence-electron chi connectivity index (χ2n) is 7.12. The van der Waals surface area contributed by atoms with Gasteiger partial charge in [-0.05, 0) is 17.7 Å². The Hall–Kier alpha value is -2.93. The predicted octanol–water partition coefficient (Wildman–Crippen LogP) is 3.30. The monoisotopic (exact) mass is 383 g/mol. The molecular formula is C21H25N3O4. The lowest BCUT2D eigenvalue weighted by atomic mass is 9.93.